The van der Waals surface area contributed by atoms with Gasteiger partial charge in [-0.3, -0.25) is 0 Å². The molecular weight excluding hydrogens is 180 g/mol. The fraction of sp³-hybridized carbons (Fsp3) is 0.455. The third kappa shape index (κ3) is 1.74. The molecule has 14 heavy (non-hydrogen) atoms. The molecule has 0 atom stereocenters. The molecule has 76 valence electrons. The number of benzene rings is 1. The number of aliphatic hydroxyl groups excluding tert-OH is 1. The van der Waals surface area contributed by atoms with Crippen LogP contribution in [0.1, 0.15) is 5.56 Å². The van der Waals surface area contributed by atoms with Gasteiger partial charge in [0.15, 0.2) is 5.60 Å². The summed E-state index contributed by atoms with van der Waals surface area (Å²) in [5, 5.41) is 9.15. The van der Waals surface area contributed by atoms with E-state index in [2.05, 4.69) is 0 Å². The van der Waals surface area contributed by atoms with Crippen LogP contribution in [0.3, 0.4) is 0 Å². The molecule has 0 spiro atoms. The maximum absolute atomic E-state index is 9.15. The second-order valence-electron chi connectivity index (χ2n) is 3.75. The highest BCUT2D eigenvalue weighted by atomic mass is 16.6. The molecule has 0 saturated carbocycles. The van der Waals surface area contributed by atoms with E-state index in [9.17, 15) is 0 Å². The molecule has 1 fully saturated rings. The zero-order valence-corrected chi connectivity index (χ0v) is 8.19. The van der Waals surface area contributed by atoms with Gasteiger partial charge in [-0.15, -0.1) is 0 Å². The van der Waals surface area contributed by atoms with E-state index in [0.29, 0.717) is 13.2 Å². The molecule has 0 aromatic heterocycles. The molecule has 1 aromatic rings. The first-order chi connectivity index (χ1) is 6.74. The Morgan fingerprint density at radius 1 is 1.36 bits per heavy atom. The lowest BCUT2D eigenvalue weighted by Crippen LogP contribution is -2.57. The lowest BCUT2D eigenvalue weighted by Gasteiger charge is -2.39. The van der Waals surface area contributed by atoms with E-state index >= 15 is 0 Å². The minimum atomic E-state index is -0.505. The quantitative estimate of drug-likeness (QED) is 0.784. The predicted molar refractivity (Wildman–Crippen MR) is 52.4 cm³/mol. The van der Waals surface area contributed by atoms with Crippen LogP contribution in [0.4, 0.5) is 0 Å². The van der Waals surface area contributed by atoms with Crippen molar-refractivity contribution in [2.45, 2.75) is 12.5 Å². The minimum Gasteiger partial charge on any atom is -0.480 e. The van der Waals surface area contributed by atoms with Crippen LogP contribution in [0.5, 0.6) is 5.75 Å². The highest BCUT2D eigenvalue weighted by molar-refractivity contribution is 5.27. The number of hydrogen-bond acceptors (Lipinski definition) is 3. The Labute approximate surface area is 83.3 Å². The van der Waals surface area contributed by atoms with Gasteiger partial charge in [-0.25, -0.2) is 0 Å². The molecule has 1 aromatic carbocycles. The van der Waals surface area contributed by atoms with Crippen molar-refractivity contribution in [3.05, 3.63) is 29.8 Å². The van der Waals surface area contributed by atoms with E-state index in [1.54, 1.807) is 0 Å². The largest absolute Gasteiger partial charge is 0.480 e. The van der Waals surface area contributed by atoms with Crippen LogP contribution in [-0.2, 0) is 4.74 Å². The van der Waals surface area contributed by atoms with Crippen LogP contribution < -0.4 is 4.74 Å². The number of aryl methyl sites for hydroxylation is 1. The molecule has 0 unspecified atom stereocenters. The summed E-state index contributed by atoms with van der Waals surface area (Å²) in [6.07, 6.45) is 0. The first-order valence-corrected chi connectivity index (χ1v) is 4.68. The maximum Gasteiger partial charge on any atom is 0.178 e. The van der Waals surface area contributed by atoms with Crippen molar-refractivity contribution in [3.63, 3.8) is 0 Å². The standard InChI is InChI=1S/C11H14O3/c1-9-2-4-10(5-3-9)14-11(6-12)7-13-8-11/h2-5,12H,6-8H2,1H3. The number of hydrogen-bond donors (Lipinski definition) is 1. The van der Waals surface area contributed by atoms with Gasteiger partial charge in [0.1, 0.15) is 5.75 Å². The monoisotopic (exact) mass is 194 g/mol. The third-order valence-electron chi connectivity index (χ3n) is 2.37. The molecule has 1 N–H and O–H groups in total. The van der Waals surface area contributed by atoms with Crippen LogP contribution in [0.25, 0.3) is 0 Å². The Morgan fingerprint density at radius 2 is 2.00 bits per heavy atom. The highest BCUT2D eigenvalue weighted by Crippen LogP contribution is 2.25. The average Bonchev–Trinajstić information content (AvgIpc) is 2.15. The van der Waals surface area contributed by atoms with Gasteiger partial charge in [-0.2, -0.15) is 0 Å². The summed E-state index contributed by atoms with van der Waals surface area (Å²) < 4.78 is 10.7. The number of aliphatic hydroxyl groups is 1. The molecule has 2 rings (SSSR count). The smallest absolute Gasteiger partial charge is 0.178 e. The molecule has 3 nitrogen and oxygen atoms in total. The summed E-state index contributed by atoms with van der Waals surface area (Å²) in [7, 11) is 0. The second-order valence-corrected chi connectivity index (χ2v) is 3.75. The zero-order chi connectivity index (χ0) is 10.0. The highest BCUT2D eigenvalue weighted by Gasteiger charge is 2.40. The van der Waals surface area contributed by atoms with Crippen molar-refractivity contribution < 1.29 is 14.6 Å². The molecule has 0 bridgehead atoms. The normalized spacial score (nSPS) is 18.7. The van der Waals surface area contributed by atoms with Crippen LogP contribution in [0.15, 0.2) is 24.3 Å². The molecule has 1 heterocycles. The Hall–Kier alpha value is -1.06. The Morgan fingerprint density at radius 3 is 2.43 bits per heavy atom. The first kappa shape index (κ1) is 9.49. The second kappa shape index (κ2) is 3.59. The molecular formula is C11H14O3. The van der Waals surface area contributed by atoms with Crippen LogP contribution in [0, 0.1) is 6.92 Å². The van der Waals surface area contributed by atoms with Gasteiger partial charge in [0, 0.05) is 0 Å². The van der Waals surface area contributed by atoms with Crippen LogP contribution >= 0.6 is 0 Å². The summed E-state index contributed by atoms with van der Waals surface area (Å²) in [5.41, 5.74) is 0.690. The van der Waals surface area contributed by atoms with Gasteiger partial charge in [-0.05, 0) is 19.1 Å². The van der Waals surface area contributed by atoms with Crippen LogP contribution in [0.2, 0.25) is 0 Å². The third-order valence-corrected chi connectivity index (χ3v) is 2.37. The SMILES string of the molecule is Cc1ccc(OC2(CO)COC2)cc1. The van der Waals surface area contributed by atoms with Gasteiger partial charge in [0.05, 0.1) is 19.8 Å². The molecule has 1 saturated heterocycles. The molecule has 0 aliphatic carbocycles. The zero-order valence-electron chi connectivity index (χ0n) is 8.19. The molecule has 0 radical (unpaired) electrons. The number of rotatable bonds is 3. The van der Waals surface area contributed by atoms with Crippen molar-refractivity contribution in [2.75, 3.05) is 19.8 Å². The van der Waals surface area contributed by atoms with Gasteiger partial charge in [0.2, 0.25) is 0 Å². The average molecular weight is 194 g/mol. The van der Waals surface area contributed by atoms with E-state index in [4.69, 9.17) is 14.6 Å². The van der Waals surface area contributed by atoms with E-state index in [0.717, 1.165) is 5.75 Å². The molecule has 1 aliphatic rings. The number of ether oxygens (including phenoxy) is 2. The lowest BCUT2D eigenvalue weighted by molar-refractivity contribution is -0.180. The van der Waals surface area contributed by atoms with Gasteiger partial charge >= 0.3 is 0 Å². The first-order valence-electron chi connectivity index (χ1n) is 4.68. The van der Waals surface area contributed by atoms with E-state index in [-0.39, 0.29) is 6.61 Å². The van der Waals surface area contributed by atoms with Gasteiger partial charge in [-0.1, -0.05) is 17.7 Å². The maximum atomic E-state index is 9.15. The van der Waals surface area contributed by atoms with Gasteiger partial charge < -0.3 is 14.6 Å². The van der Waals surface area contributed by atoms with Crippen molar-refractivity contribution in [1.29, 1.82) is 0 Å². The topological polar surface area (TPSA) is 38.7 Å². The van der Waals surface area contributed by atoms with Crippen molar-refractivity contribution >= 4 is 0 Å². The summed E-state index contributed by atoms with van der Waals surface area (Å²) in [6.45, 7) is 2.97. The van der Waals surface area contributed by atoms with E-state index in [1.165, 1.54) is 5.56 Å². The van der Waals surface area contributed by atoms with Gasteiger partial charge in [0.25, 0.3) is 0 Å². The fourth-order valence-electron chi connectivity index (χ4n) is 1.37. The van der Waals surface area contributed by atoms with Crippen molar-refractivity contribution in [2.24, 2.45) is 0 Å². The fourth-order valence-corrected chi connectivity index (χ4v) is 1.37. The minimum absolute atomic E-state index is 0.000869. The van der Waals surface area contributed by atoms with Crippen molar-refractivity contribution in [1.82, 2.24) is 0 Å². The van der Waals surface area contributed by atoms with E-state index < -0.39 is 5.60 Å². The summed E-state index contributed by atoms with van der Waals surface area (Å²) in [4.78, 5) is 0. The Kier molecular flexibility index (Phi) is 2.44. The Bertz CT molecular complexity index is 295. The van der Waals surface area contributed by atoms with Crippen molar-refractivity contribution in [3.8, 4) is 5.75 Å². The summed E-state index contributed by atoms with van der Waals surface area (Å²) in [5.74, 6) is 0.785. The molecule has 3 heteroatoms. The summed E-state index contributed by atoms with van der Waals surface area (Å²) >= 11 is 0. The van der Waals surface area contributed by atoms with Crippen LogP contribution in [-0.4, -0.2) is 30.5 Å². The summed E-state index contributed by atoms with van der Waals surface area (Å²) in [6, 6.07) is 7.79. The lowest BCUT2D eigenvalue weighted by atomic mass is 10.0. The molecule has 1 aliphatic heterocycles. The van der Waals surface area contributed by atoms with E-state index in [1.807, 2.05) is 31.2 Å². The predicted octanol–water partition coefficient (Wildman–Crippen LogP) is 1.14. The molecule has 0 amide bonds. The Balaban J connectivity index is 2.06.